The van der Waals surface area contributed by atoms with Gasteiger partial charge >= 0.3 is 0 Å². The molecule has 1 N–H and O–H groups in total. The van der Waals surface area contributed by atoms with Crippen LogP contribution < -0.4 is 4.72 Å². The number of hydrogen-bond acceptors (Lipinski definition) is 4. The van der Waals surface area contributed by atoms with Crippen LogP contribution in [0.2, 0.25) is 0 Å². The van der Waals surface area contributed by atoms with Crippen molar-refractivity contribution in [3.63, 3.8) is 0 Å². The van der Waals surface area contributed by atoms with Crippen LogP contribution in [0.1, 0.15) is 36.5 Å². The van der Waals surface area contributed by atoms with Gasteiger partial charge in [0.1, 0.15) is 0 Å². The van der Waals surface area contributed by atoms with E-state index in [0.717, 1.165) is 32.4 Å². The van der Waals surface area contributed by atoms with Crippen molar-refractivity contribution in [3.05, 3.63) is 29.8 Å². The second-order valence-electron chi connectivity index (χ2n) is 6.23. The van der Waals surface area contributed by atoms with E-state index in [1.54, 1.807) is 17.0 Å². The first kappa shape index (κ1) is 18.9. The number of benzene rings is 1. The van der Waals surface area contributed by atoms with Gasteiger partial charge in [0.25, 0.3) is 5.91 Å². The van der Waals surface area contributed by atoms with Crippen LogP contribution in [-0.2, 0) is 10.0 Å². The first-order chi connectivity index (χ1) is 11.4. The Kier molecular flexibility index (Phi) is 6.77. The molecule has 2 rings (SSSR count). The number of hydrogen-bond donors (Lipinski definition) is 1. The lowest BCUT2D eigenvalue weighted by Gasteiger charge is -2.32. The Morgan fingerprint density at radius 2 is 1.88 bits per heavy atom. The van der Waals surface area contributed by atoms with Gasteiger partial charge in [0, 0.05) is 38.3 Å². The predicted octanol–water partition coefficient (Wildman–Crippen LogP) is 1.54. The maximum absolute atomic E-state index is 12.6. The van der Waals surface area contributed by atoms with Gasteiger partial charge in [0.2, 0.25) is 10.0 Å². The molecule has 7 heteroatoms. The molecule has 134 valence electrons. The van der Waals surface area contributed by atoms with Gasteiger partial charge in [-0.3, -0.25) is 4.79 Å². The molecule has 24 heavy (non-hydrogen) atoms. The van der Waals surface area contributed by atoms with Gasteiger partial charge in [-0.05, 0) is 31.7 Å². The molecule has 0 unspecified atom stereocenters. The van der Waals surface area contributed by atoms with Crippen LogP contribution in [0.4, 0.5) is 0 Å². The molecule has 1 amide bonds. The Morgan fingerprint density at radius 1 is 1.17 bits per heavy atom. The van der Waals surface area contributed by atoms with Crippen molar-refractivity contribution in [3.8, 4) is 0 Å². The largest absolute Gasteiger partial charge is 0.336 e. The van der Waals surface area contributed by atoms with Crippen LogP contribution in [0.5, 0.6) is 0 Å². The lowest BCUT2D eigenvalue weighted by molar-refractivity contribution is 0.0664. The minimum Gasteiger partial charge on any atom is -0.336 e. The molecule has 1 fully saturated rings. The second-order valence-corrected chi connectivity index (χ2v) is 8.00. The van der Waals surface area contributed by atoms with E-state index in [-0.39, 0.29) is 10.8 Å². The van der Waals surface area contributed by atoms with E-state index in [2.05, 4.69) is 16.5 Å². The first-order valence-electron chi connectivity index (χ1n) is 8.51. The van der Waals surface area contributed by atoms with Gasteiger partial charge in [-0.1, -0.05) is 25.8 Å². The molecule has 1 heterocycles. The molecule has 0 bridgehead atoms. The normalized spacial score (nSPS) is 16.3. The predicted molar refractivity (Wildman–Crippen MR) is 94.6 cm³/mol. The first-order valence-corrected chi connectivity index (χ1v) is 10.00. The summed E-state index contributed by atoms with van der Waals surface area (Å²) in [6.45, 7) is 5.50. The third-order valence-corrected chi connectivity index (χ3v) is 5.71. The zero-order valence-electron chi connectivity index (χ0n) is 14.5. The summed E-state index contributed by atoms with van der Waals surface area (Å²) in [6.07, 6.45) is 2.84. The Labute approximate surface area is 144 Å². The molecule has 0 aromatic heterocycles. The smallest absolute Gasteiger partial charge is 0.253 e. The topological polar surface area (TPSA) is 69.7 Å². The number of likely N-dealkylation sites (N-methyl/N-ethyl adjacent to an activating group) is 1. The monoisotopic (exact) mass is 353 g/mol. The van der Waals surface area contributed by atoms with E-state index < -0.39 is 10.0 Å². The summed E-state index contributed by atoms with van der Waals surface area (Å²) < 4.78 is 27.3. The number of piperazine rings is 1. The van der Waals surface area contributed by atoms with Gasteiger partial charge in [-0.25, -0.2) is 13.1 Å². The molecule has 1 aliphatic heterocycles. The van der Waals surface area contributed by atoms with Gasteiger partial charge in [-0.15, -0.1) is 0 Å². The van der Waals surface area contributed by atoms with Crippen molar-refractivity contribution in [2.75, 3.05) is 39.8 Å². The third-order valence-electron chi connectivity index (χ3n) is 4.25. The zero-order valence-corrected chi connectivity index (χ0v) is 15.3. The van der Waals surface area contributed by atoms with Gasteiger partial charge in [0.05, 0.1) is 4.90 Å². The van der Waals surface area contributed by atoms with Crippen molar-refractivity contribution in [1.82, 2.24) is 14.5 Å². The fourth-order valence-corrected chi connectivity index (χ4v) is 3.77. The molecule has 0 spiro atoms. The number of carbonyl (C=O) groups is 1. The fraction of sp³-hybridized carbons (Fsp3) is 0.588. The molecule has 1 saturated heterocycles. The van der Waals surface area contributed by atoms with E-state index in [1.807, 2.05) is 7.05 Å². The molecule has 0 atom stereocenters. The van der Waals surface area contributed by atoms with E-state index >= 15 is 0 Å². The van der Waals surface area contributed by atoms with Crippen molar-refractivity contribution in [1.29, 1.82) is 0 Å². The molecule has 1 aromatic rings. The average Bonchev–Trinajstić information content (AvgIpc) is 2.59. The molecular weight excluding hydrogens is 326 g/mol. The Hall–Kier alpha value is -1.44. The molecule has 1 aliphatic rings. The number of nitrogens with zero attached hydrogens (tertiary/aromatic N) is 2. The summed E-state index contributed by atoms with van der Waals surface area (Å²) in [5.41, 5.74) is 0.427. The third kappa shape index (κ3) is 5.03. The molecule has 0 radical (unpaired) electrons. The Bertz CT molecular complexity index is 653. The number of nitrogens with one attached hydrogen (secondary N) is 1. The molecular formula is C17H27N3O3S. The van der Waals surface area contributed by atoms with Crippen LogP contribution in [0.15, 0.2) is 29.2 Å². The van der Waals surface area contributed by atoms with Crippen LogP contribution in [0.3, 0.4) is 0 Å². The summed E-state index contributed by atoms with van der Waals surface area (Å²) in [5.74, 6) is -0.105. The highest BCUT2D eigenvalue weighted by molar-refractivity contribution is 7.89. The fourth-order valence-electron chi connectivity index (χ4n) is 2.65. The molecule has 1 aromatic carbocycles. The second kappa shape index (κ2) is 8.60. The maximum Gasteiger partial charge on any atom is 0.253 e. The highest BCUT2D eigenvalue weighted by Crippen LogP contribution is 2.14. The number of carbonyl (C=O) groups excluding carboxylic acids is 1. The minimum atomic E-state index is -3.57. The van der Waals surface area contributed by atoms with Crippen LogP contribution in [0.25, 0.3) is 0 Å². The van der Waals surface area contributed by atoms with Gasteiger partial charge in [0.15, 0.2) is 0 Å². The maximum atomic E-state index is 12.6. The molecule has 0 saturated carbocycles. The standard InChI is InChI=1S/C17H27N3O3S/c1-3-4-5-9-18-24(22,23)16-8-6-7-15(14-16)17(21)20-12-10-19(2)11-13-20/h6-8,14,18H,3-5,9-13H2,1-2H3. The summed E-state index contributed by atoms with van der Waals surface area (Å²) >= 11 is 0. The van der Waals surface area contributed by atoms with E-state index in [1.165, 1.54) is 12.1 Å². The summed E-state index contributed by atoms with van der Waals surface area (Å²) in [7, 11) is -1.54. The van der Waals surface area contributed by atoms with Gasteiger partial charge < -0.3 is 9.80 Å². The molecule has 6 nitrogen and oxygen atoms in total. The minimum absolute atomic E-state index is 0.105. The van der Waals surface area contributed by atoms with Crippen molar-refractivity contribution < 1.29 is 13.2 Å². The van der Waals surface area contributed by atoms with Gasteiger partial charge in [-0.2, -0.15) is 0 Å². The number of amides is 1. The lowest BCUT2D eigenvalue weighted by atomic mass is 10.2. The van der Waals surface area contributed by atoms with Crippen molar-refractivity contribution >= 4 is 15.9 Å². The lowest BCUT2D eigenvalue weighted by Crippen LogP contribution is -2.47. The quantitative estimate of drug-likeness (QED) is 0.755. The highest BCUT2D eigenvalue weighted by Gasteiger charge is 2.22. The SMILES string of the molecule is CCCCCNS(=O)(=O)c1cccc(C(=O)N2CCN(C)CC2)c1. The number of rotatable bonds is 7. The van der Waals surface area contributed by atoms with E-state index in [4.69, 9.17) is 0 Å². The highest BCUT2D eigenvalue weighted by atomic mass is 32.2. The van der Waals surface area contributed by atoms with Crippen LogP contribution in [0, 0.1) is 0 Å². The summed E-state index contributed by atoms with van der Waals surface area (Å²) in [4.78, 5) is 16.7. The number of unbranched alkanes of at least 4 members (excludes halogenated alkanes) is 2. The van der Waals surface area contributed by atoms with Crippen molar-refractivity contribution in [2.24, 2.45) is 0 Å². The molecule has 0 aliphatic carbocycles. The van der Waals surface area contributed by atoms with Crippen LogP contribution >= 0.6 is 0 Å². The summed E-state index contributed by atoms with van der Waals surface area (Å²) in [6, 6.07) is 6.31. The Balaban J connectivity index is 2.06. The van der Waals surface area contributed by atoms with Crippen LogP contribution in [-0.4, -0.2) is 63.9 Å². The van der Waals surface area contributed by atoms with E-state index in [0.29, 0.717) is 25.2 Å². The Morgan fingerprint density at radius 3 is 2.54 bits per heavy atom. The zero-order chi connectivity index (χ0) is 17.6. The average molecular weight is 353 g/mol. The van der Waals surface area contributed by atoms with Crippen molar-refractivity contribution in [2.45, 2.75) is 31.1 Å². The van der Waals surface area contributed by atoms with E-state index in [9.17, 15) is 13.2 Å². The summed E-state index contributed by atoms with van der Waals surface area (Å²) in [5, 5.41) is 0. The number of sulfonamides is 1.